The van der Waals surface area contributed by atoms with Crippen molar-refractivity contribution in [3.05, 3.63) is 138 Å². The van der Waals surface area contributed by atoms with Crippen molar-refractivity contribution in [3.63, 3.8) is 0 Å². The van der Waals surface area contributed by atoms with Gasteiger partial charge in [-0.25, -0.2) is 0 Å². The monoisotopic (exact) mass is 524 g/mol. The Bertz CT molecular complexity index is 1870. The molecule has 0 radical (unpaired) electrons. The van der Waals surface area contributed by atoms with Gasteiger partial charge >= 0.3 is 0 Å². The summed E-state index contributed by atoms with van der Waals surface area (Å²) in [4.78, 5) is 0. The van der Waals surface area contributed by atoms with Crippen LogP contribution < -0.4 is 0 Å². The van der Waals surface area contributed by atoms with Gasteiger partial charge in [0.2, 0.25) is 0 Å². The Kier molecular flexibility index (Phi) is 6.01. The highest BCUT2D eigenvalue weighted by atomic mass is 32.1. The number of rotatable bonds is 5. The van der Waals surface area contributed by atoms with E-state index in [1.165, 1.54) is 47.8 Å². The largest absolute Gasteiger partial charge is 0.460 e. The Morgan fingerprint density at radius 3 is 2.59 bits per heavy atom. The van der Waals surface area contributed by atoms with Crippen molar-refractivity contribution in [2.75, 3.05) is 0 Å². The van der Waals surface area contributed by atoms with Crippen LogP contribution in [0.3, 0.4) is 0 Å². The minimum Gasteiger partial charge on any atom is -0.460 e. The Hall–Kier alpha value is -3.88. The van der Waals surface area contributed by atoms with Crippen molar-refractivity contribution in [2.45, 2.75) is 39.0 Å². The number of para-hydroxylation sites is 1. The molecule has 5 aromatic rings. The molecule has 0 fully saturated rings. The summed E-state index contributed by atoms with van der Waals surface area (Å²) >= 11 is 1.91. The lowest BCUT2D eigenvalue weighted by atomic mass is 9.78. The van der Waals surface area contributed by atoms with Crippen LogP contribution >= 0.6 is 11.3 Å². The van der Waals surface area contributed by atoms with Crippen LogP contribution in [0.4, 0.5) is 0 Å². The van der Waals surface area contributed by atoms with Crippen molar-refractivity contribution in [1.29, 1.82) is 0 Å². The predicted molar refractivity (Wildman–Crippen MR) is 168 cm³/mol. The molecule has 0 spiro atoms. The highest BCUT2D eigenvalue weighted by Gasteiger charge is 2.31. The van der Waals surface area contributed by atoms with Crippen molar-refractivity contribution in [1.82, 2.24) is 0 Å². The molecule has 192 valence electrons. The van der Waals surface area contributed by atoms with Crippen molar-refractivity contribution in [3.8, 4) is 0 Å². The highest BCUT2D eigenvalue weighted by molar-refractivity contribution is 7.26. The van der Waals surface area contributed by atoms with Gasteiger partial charge in [-0.1, -0.05) is 110 Å². The van der Waals surface area contributed by atoms with Gasteiger partial charge in [0.1, 0.15) is 11.3 Å². The Morgan fingerprint density at radius 1 is 0.923 bits per heavy atom. The van der Waals surface area contributed by atoms with Crippen molar-refractivity contribution >= 4 is 48.1 Å². The topological polar surface area (TPSA) is 13.1 Å². The van der Waals surface area contributed by atoms with Gasteiger partial charge in [0.15, 0.2) is 0 Å². The average molecular weight is 525 g/mol. The standard InChI is InChI=1S/C37H32OS/c1-3-4-9-21-37(2)22-19-25(20-23-37)24-26-17-18-28(35-34(26)31-12-5-7-15-32(31)38-35)30-14-10-13-29-27-11-6-8-16-33(27)39-36(29)30/h3-17,19-22,28H,18,23-24H2,1-2H3/b4-3-,21-9-. The van der Waals surface area contributed by atoms with Crippen molar-refractivity contribution in [2.24, 2.45) is 5.41 Å². The van der Waals surface area contributed by atoms with Gasteiger partial charge in [0.25, 0.3) is 0 Å². The fourth-order valence-electron chi connectivity index (χ4n) is 6.23. The normalized spacial score (nSPS) is 21.3. The van der Waals surface area contributed by atoms with E-state index in [0.717, 1.165) is 30.6 Å². The number of allylic oxidation sites excluding steroid dienone is 10. The molecule has 0 bridgehead atoms. The third-order valence-corrected chi connectivity index (χ3v) is 9.56. The van der Waals surface area contributed by atoms with Gasteiger partial charge in [-0.2, -0.15) is 0 Å². The van der Waals surface area contributed by atoms with Gasteiger partial charge in [-0.05, 0) is 55.0 Å². The second kappa shape index (κ2) is 9.70. The molecule has 0 saturated heterocycles. The molecule has 2 heteroatoms. The van der Waals surface area contributed by atoms with E-state index in [2.05, 4.69) is 129 Å². The van der Waals surface area contributed by atoms with E-state index >= 15 is 0 Å². The average Bonchev–Trinajstić information content (AvgIpc) is 3.54. The third-order valence-electron chi connectivity index (χ3n) is 8.33. The fraction of sp³-hybridized carbons (Fsp3) is 0.189. The second-order valence-electron chi connectivity index (χ2n) is 11.1. The summed E-state index contributed by atoms with van der Waals surface area (Å²) in [7, 11) is 0. The summed E-state index contributed by atoms with van der Waals surface area (Å²) in [6, 6.07) is 24.1. The van der Waals surface area contributed by atoms with Crippen LogP contribution in [0, 0.1) is 5.41 Å². The molecule has 2 aliphatic carbocycles. The SMILES string of the molecule is C/C=C\C=C/C1(C)C=CC(CC2=CCC(c3cccc4c3sc3ccccc34)c3oc4ccccc4c32)=CC1. The van der Waals surface area contributed by atoms with Crippen LogP contribution in [-0.2, 0) is 0 Å². The Morgan fingerprint density at radius 2 is 1.74 bits per heavy atom. The first-order valence-corrected chi connectivity index (χ1v) is 14.7. The minimum absolute atomic E-state index is 0.0749. The van der Waals surface area contributed by atoms with Crippen LogP contribution in [-0.4, -0.2) is 0 Å². The Balaban J connectivity index is 1.28. The number of furan rings is 1. The lowest BCUT2D eigenvalue weighted by molar-refractivity contribution is 0.516. The van der Waals surface area contributed by atoms with E-state index in [-0.39, 0.29) is 11.3 Å². The molecule has 0 saturated carbocycles. The Labute approximate surface area is 234 Å². The second-order valence-corrected chi connectivity index (χ2v) is 12.1. The van der Waals surface area contributed by atoms with Crippen LogP contribution in [0.1, 0.15) is 55.9 Å². The number of hydrogen-bond donors (Lipinski definition) is 0. The highest BCUT2D eigenvalue weighted by Crippen LogP contribution is 2.49. The molecule has 2 aliphatic rings. The molecule has 2 atom stereocenters. The van der Waals surface area contributed by atoms with E-state index in [1.807, 2.05) is 11.3 Å². The third kappa shape index (κ3) is 4.24. The summed E-state index contributed by atoms with van der Waals surface area (Å²) in [6.07, 6.45) is 21.2. The molecule has 0 aliphatic heterocycles. The fourth-order valence-corrected chi connectivity index (χ4v) is 7.50. The first-order chi connectivity index (χ1) is 19.1. The van der Waals surface area contributed by atoms with E-state index < -0.39 is 0 Å². The number of hydrogen-bond acceptors (Lipinski definition) is 2. The van der Waals surface area contributed by atoms with Gasteiger partial charge in [0, 0.05) is 42.5 Å². The van der Waals surface area contributed by atoms with Crippen molar-refractivity contribution < 1.29 is 4.42 Å². The van der Waals surface area contributed by atoms with E-state index in [9.17, 15) is 0 Å². The first-order valence-electron chi connectivity index (χ1n) is 13.9. The molecule has 2 unspecified atom stereocenters. The zero-order chi connectivity index (χ0) is 26.4. The molecule has 0 amide bonds. The lowest BCUT2D eigenvalue weighted by Gasteiger charge is -2.26. The summed E-state index contributed by atoms with van der Waals surface area (Å²) < 4.78 is 9.43. The lowest BCUT2D eigenvalue weighted by Crippen LogP contribution is -2.12. The van der Waals surface area contributed by atoms with E-state index in [0.29, 0.717) is 0 Å². The summed E-state index contributed by atoms with van der Waals surface area (Å²) in [6.45, 7) is 4.36. The zero-order valence-electron chi connectivity index (χ0n) is 22.5. The number of thiophene rings is 1. The van der Waals surface area contributed by atoms with Crippen LogP contribution in [0.15, 0.2) is 125 Å². The molecule has 7 rings (SSSR count). The maximum atomic E-state index is 6.70. The smallest absolute Gasteiger partial charge is 0.134 e. The molecule has 2 heterocycles. The van der Waals surface area contributed by atoms with Crippen LogP contribution in [0.25, 0.3) is 36.7 Å². The van der Waals surface area contributed by atoms with Gasteiger partial charge < -0.3 is 4.42 Å². The maximum absolute atomic E-state index is 6.70. The molecule has 1 nitrogen and oxygen atoms in total. The van der Waals surface area contributed by atoms with Gasteiger partial charge in [0.05, 0.1) is 0 Å². The summed E-state index contributed by atoms with van der Waals surface area (Å²) in [5, 5.41) is 3.93. The zero-order valence-corrected chi connectivity index (χ0v) is 23.3. The molecular weight excluding hydrogens is 492 g/mol. The van der Waals surface area contributed by atoms with E-state index in [1.54, 1.807) is 0 Å². The van der Waals surface area contributed by atoms with Gasteiger partial charge in [-0.3, -0.25) is 0 Å². The predicted octanol–water partition coefficient (Wildman–Crippen LogP) is 11.1. The maximum Gasteiger partial charge on any atom is 0.134 e. The van der Waals surface area contributed by atoms with Crippen LogP contribution in [0.2, 0.25) is 0 Å². The number of benzene rings is 3. The molecular formula is C37H32OS. The first kappa shape index (κ1) is 24.2. The minimum atomic E-state index is 0.0749. The van der Waals surface area contributed by atoms with Crippen LogP contribution in [0.5, 0.6) is 0 Å². The van der Waals surface area contributed by atoms with Gasteiger partial charge in [-0.15, -0.1) is 11.3 Å². The molecule has 0 N–H and O–H groups in total. The number of fused-ring (bicyclic) bond motifs is 6. The molecule has 2 aromatic heterocycles. The quantitative estimate of drug-likeness (QED) is 0.208. The molecule has 3 aromatic carbocycles. The summed E-state index contributed by atoms with van der Waals surface area (Å²) in [5.41, 5.74) is 6.52. The van der Waals surface area contributed by atoms with E-state index in [4.69, 9.17) is 4.42 Å². The summed E-state index contributed by atoms with van der Waals surface area (Å²) in [5.74, 6) is 1.34. The molecule has 39 heavy (non-hydrogen) atoms.